The molecule has 0 fully saturated rings. The summed E-state index contributed by atoms with van der Waals surface area (Å²) in [7, 11) is 0. The van der Waals surface area contributed by atoms with Crippen molar-refractivity contribution >= 4 is 11.9 Å². The van der Waals surface area contributed by atoms with Gasteiger partial charge in [-0.15, -0.1) is 0 Å². The zero-order valence-corrected chi connectivity index (χ0v) is 10.1. The molecule has 0 spiro atoms. The summed E-state index contributed by atoms with van der Waals surface area (Å²) in [5.41, 5.74) is 0. The van der Waals surface area contributed by atoms with E-state index in [9.17, 15) is 9.59 Å². The quantitative estimate of drug-likeness (QED) is 0.597. The lowest BCUT2D eigenvalue weighted by Gasteiger charge is -2.19. The van der Waals surface area contributed by atoms with E-state index < -0.39 is 11.9 Å². The number of hydrogen-bond acceptors (Lipinski definition) is 2. The minimum atomic E-state index is -0.812. The van der Waals surface area contributed by atoms with Crippen LogP contribution in [-0.2, 0) is 9.59 Å². The second-order valence-electron chi connectivity index (χ2n) is 4.35. The van der Waals surface area contributed by atoms with Crippen molar-refractivity contribution in [3.05, 3.63) is 0 Å². The van der Waals surface area contributed by atoms with E-state index in [-0.39, 0.29) is 18.3 Å². The van der Waals surface area contributed by atoms with Crippen LogP contribution in [0.2, 0.25) is 0 Å². The highest BCUT2D eigenvalue weighted by atomic mass is 16.4. The van der Waals surface area contributed by atoms with E-state index in [2.05, 4.69) is 0 Å². The number of hydrogen-bond donors (Lipinski definition) is 2. The molecule has 2 unspecified atom stereocenters. The Bertz CT molecular complexity index is 225. The van der Waals surface area contributed by atoms with Crippen LogP contribution in [-0.4, -0.2) is 22.2 Å². The lowest BCUT2D eigenvalue weighted by molar-refractivity contribution is -0.143. The Hall–Kier alpha value is -1.06. The molecule has 2 atom stereocenters. The number of rotatable bonds is 9. The Morgan fingerprint density at radius 1 is 1.12 bits per heavy atom. The molecule has 0 rings (SSSR count). The molecular formula is C12H22O4. The lowest BCUT2D eigenvalue weighted by atomic mass is 9.86. The first-order valence-electron chi connectivity index (χ1n) is 5.93. The lowest BCUT2D eigenvalue weighted by Crippen LogP contribution is -2.21. The van der Waals surface area contributed by atoms with Crippen molar-refractivity contribution in [2.24, 2.45) is 11.8 Å². The average molecular weight is 230 g/mol. The summed E-state index contributed by atoms with van der Waals surface area (Å²) < 4.78 is 0. The summed E-state index contributed by atoms with van der Waals surface area (Å²) >= 11 is 0. The molecule has 0 saturated carbocycles. The molecule has 0 aromatic carbocycles. The van der Waals surface area contributed by atoms with Crippen LogP contribution in [0.4, 0.5) is 0 Å². The predicted molar refractivity (Wildman–Crippen MR) is 61.3 cm³/mol. The molecule has 4 nitrogen and oxygen atoms in total. The zero-order chi connectivity index (χ0) is 12.6. The highest BCUT2D eigenvalue weighted by Crippen LogP contribution is 2.23. The highest BCUT2D eigenvalue weighted by Gasteiger charge is 2.23. The maximum atomic E-state index is 11.0. The fraction of sp³-hybridized carbons (Fsp3) is 0.833. The fourth-order valence-electron chi connectivity index (χ4n) is 1.95. The maximum Gasteiger partial charge on any atom is 0.306 e. The van der Waals surface area contributed by atoms with Gasteiger partial charge in [0.15, 0.2) is 0 Å². The third kappa shape index (κ3) is 6.43. The van der Waals surface area contributed by atoms with Crippen molar-refractivity contribution in [3.63, 3.8) is 0 Å². The first-order chi connectivity index (χ1) is 7.49. The van der Waals surface area contributed by atoms with Crippen molar-refractivity contribution < 1.29 is 19.8 Å². The van der Waals surface area contributed by atoms with Crippen molar-refractivity contribution in [3.8, 4) is 0 Å². The largest absolute Gasteiger partial charge is 0.481 e. The minimum absolute atomic E-state index is 0.133. The van der Waals surface area contributed by atoms with Crippen LogP contribution in [0.25, 0.3) is 0 Å². The average Bonchev–Trinajstić information content (AvgIpc) is 2.16. The van der Waals surface area contributed by atoms with Crippen molar-refractivity contribution in [2.45, 2.75) is 52.4 Å². The maximum absolute atomic E-state index is 11.0. The molecule has 94 valence electrons. The third-order valence-electron chi connectivity index (χ3n) is 2.90. The molecule has 4 heteroatoms. The third-order valence-corrected chi connectivity index (χ3v) is 2.90. The van der Waals surface area contributed by atoms with Gasteiger partial charge in [0.1, 0.15) is 0 Å². The number of carboxylic acid groups (broad SMARTS) is 2. The van der Waals surface area contributed by atoms with Gasteiger partial charge in [-0.1, -0.05) is 33.1 Å². The van der Waals surface area contributed by atoms with Gasteiger partial charge in [-0.25, -0.2) is 0 Å². The summed E-state index contributed by atoms with van der Waals surface area (Å²) in [5, 5.41) is 17.5. The summed E-state index contributed by atoms with van der Waals surface area (Å²) in [4.78, 5) is 21.3. The summed E-state index contributed by atoms with van der Waals surface area (Å²) in [6, 6.07) is 0. The van der Waals surface area contributed by atoms with Crippen LogP contribution < -0.4 is 0 Å². The number of aliphatic carboxylic acids is 2. The van der Waals surface area contributed by atoms with Gasteiger partial charge in [0.05, 0.1) is 5.92 Å². The topological polar surface area (TPSA) is 74.6 Å². The molecule has 0 aliphatic carbocycles. The number of carbonyl (C=O) groups is 2. The zero-order valence-electron chi connectivity index (χ0n) is 10.1. The Balaban J connectivity index is 3.94. The molecule has 0 amide bonds. The van der Waals surface area contributed by atoms with Crippen LogP contribution in [0.1, 0.15) is 52.4 Å². The van der Waals surface area contributed by atoms with Gasteiger partial charge in [-0.2, -0.15) is 0 Å². The summed E-state index contributed by atoms with van der Waals surface area (Å²) in [6.45, 7) is 4.00. The first kappa shape index (κ1) is 14.9. The molecule has 0 saturated heterocycles. The van der Waals surface area contributed by atoms with Gasteiger partial charge in [0, 0.05) is 6.42 Å². The fourth-order valence-corrected chi connectivity index (χ4v) is 1.95. The van der Waals surface area contributed by atoms with Crippen LogP contribution >= 0.6 is 0 Å². The number of carboxylic acids is 2. The Labute approximate surface area is 96.7 Å². The molecule has 0 aliphatic rings. The molecule has 0 aromatic heterocycles. The van der Waals surface area contributed by atoms with Gasteiger partial charge >= 0.3 is 11.9 Å². The van der Waals surface area contributed by atoms with Crippen LogP contribution in [0.15, 0.2) is 0 Å². The Morgan fingerprint density at radius 2 is 1.75 bits per heavy atom. The van der Waals surface area contributed by atoms with E-state index in [1.54, 1.807) is 0 Å². The SMILES string of the molecule is CCCC(C)C(CCCCC(=O)O)C(=O)O. The van der Waals surface area contributed by atoms with E-state index in [0.29, 0.717) is 19.3 Å². The Morgan fingerprint density at radius 3 is 2.19 bits per heavy atom. The smallest absolute Gasteiger partial charge is 0.306 e. The minimum Gasteiger partial charge on any atom is -0.481 e. The Kier molecular flexibility index (Phi) is 7.60. The van der Waals surface area contributed by atoms with E-state index in [1.165, 1.54) is 0 Å². The van der Waals surface area contributed by atoms with Gasteiger partial charge in [-0.05, 0) is 18.8 Å². The monoisotopic (exact) mass is 230 g/mol. The molecule has 0 radical (unpaired) electrons. The predicted octanol–water partition coefficient (Wildman–Crippen LogP) is 2.77. The standard InChI is InChI=1S/C12H22O4/c1-3-6-9(2)10(12(15)16)7-4-5-8-11(13)14/h9-10H,3-8H2,1-2H3,(H,13,14)(H,15,16). The summed E-state index contributed by atoms with van der Waals surface area (Å²) in [6.07, 6.45) is 3.86. The second kappa shape index (κ2) is 8.13. The summed E-state index contributed by atoms with van der Waals surface area (Å²) in [5.74, 6) is -1.72. The van der Waals surface area contributed by atoms with E-state index in [0.717, 1.165) is 12.8 Å². The molecule has 0 aliphatic heterocycles. The van der Waals surface area contributed by atoms with Gasteiger partial charge < -0.3 is 10.2 Å². The van der Waals surface area contributed by atoms with Crippen molar-refractivity contribution in [1.82, 2.24) is 0 Å². The van der Waals surface area contributed by atoms with Gasteiger partial charge in [0.2, 0.25) is 0 Å². The molecule has 0 aromatic rings. The first-order valence-corrected chi connectivity index (χ1v) is 5.93. The molecule has 2 N–H and O–H groups in total. The van der Waals surface area contributed by atoms with Gasteiger partial charge in [0.25, 0.3) is 0 Å². The van der Waals surface area contributed by atoms with Crippen LogP contribution in [0.5, 0.6) is 0 Å². The normalized spacial score (nSPS) is 14.4. The van der Waals surface area contributed by atoms with Gasteiger partial charge in [-0.3, -0.25) is 9.59 Å². The van der Waals surface area contributed by atoms with E-state index in [1.807, 2.05) is 13.8 Å². The molecular weight excluding hydrogens is 208 g/mol. The molecule has 16 heavy (non-hydrogen) atoms. The van der Waals surface area contributed by atoms with Crippen LogP contribution in [0, 0.1) is 11.8 Å². The van der Waals surface area contributed by atoms with Crippen molar-refractivity contribution in [1.29, 1.82) is 0 Å². The molecule has 0 bridgehead atoms. The second-order valence-corrected chi connectivity index (χ2v) is 4.35. The van der Waals surface area contributed by atoms with Crippen LogP contribution in [0.3, 0.4) is 0 Å². The van der Waals surface area contributed by atoms with Crippen molar-refractivity contribution in [2.75, 3.05) is 0 Å². The molecule has 0 heterocycles. The number of unbranched alkanes of at least 4 members (excludes halogenated alkanes) is 1. The van der Waals surface area contributed by atoms with E-state index >= 15 is 0 Å². The highest BCUT2D eigenvalue weighted by molar-refractivity contribution is 5.70. The van der Waals surface area contributed by atoms with E-state index in [4.69, 9.17) is 10.2 Å².